The number of benzene rings is 1. The number of alkyl halides is 1. The van der Waals surface area contributed by atoms with Gasteiger partial charge in [-0.2, -0.15) is 0 Å². The van der Waals surface area contributed by atoms with Gasteiger partial charge in [0.2, 0.25) is 0 Å². The Balaban J connectivity index is 2.11. The summed E-state index contributed by atoms with van der Waals surface area (Å²) < 4.78 is 15.8. The first kappa shape index (κ1) is 12.0. The van der Waals surface area contributed by atoms with Crippen molar-refractivity contribution in [2.45, 2.75) is 38.6 Å². The van der Waals surface area contributed by atoms with Crippen molar-refractivity contribution in [2.75, 3.05) is 0 Å². The summed E-state index contributed by atoms with van der Waals surface area (Å²) in [6.45, 7) is 3.16. The van der Waals surface area contributed by atoms with Gasteiger partial charge in [-0.05, 0) is 30.4 Å². The number of rotatable bonds is 3. The molecule has 0 atom stereocenters. The lowest BCUT2D eigenvalue weighted by Crippen LogP contribution is -2.31. The van der Waals surface area contributed by atoms with Crippen molar-refractivity contribution in [2.24, 2.45) is 5.41 Å². The van der Waals surface area contributed by atoms with E-state index in [-0.39, 0.29) is 5.82 Å². The second-order valence-corrected chi connectivity index (χ2v) is 5.79. The molecular weight excluding hydrogens is 251 g/mol. The molecule has 0 bridgehead atoms. The summed E-state index contributed by atoms with van der Waals surface area (Å²) in [5.41, 5.74) is 1.62. The van der Waals surface area contributed by atoms with Crippen molar-refractivity contribution in [3.05, 3.63) is 29.8 Å². The minimum absolute atomic E-state index is 0.267. The molecule has 1 heterocycles. The van der Waals surface area contributed by atoms with E-state index >= 15 is 0 Å². The smallest absolute Gasteiger partial charge is 0.151 e. The molecule has 0 spiro atoms. The van der Waals surface area contributed by atoms with Crippen LogP contribution in [0.1, 0.15) is 32.0 Å². The number of imidazole rings is 1. The predicted octanol–water partition coefficient (Wildman–Crippen LogP) is 4.10. The summed E-state index contributed by atoms with van der Waals surface area (Å²) in [4.78, 5) is 4.33. The molecule has 1 aromatic heterocycles. The van der Waals surface area contributed by atoms with Gasteiger partial charge in [0, 0.05) is 6.54 Å². The molecule has 0 N–H and O–H groups in total. The van der Waals surface area contributed by atoms with E-state index in [4.69, 9.17) is 11.6 Å². The van der Waals surface area contributed by atoms with E-state index in [1.807, 2.05) is 6.07 Å². The quantitative estimate of drug-likeness (QED) is 0.765. The number of fused-ring (bicyclic) bond motifs is 1. The lowest BCUT2D eigenvalue weighted by Gasteiger charge is -2.39. The summed E-state index contributed by atoms with van der Waals surface area (Å²) in [6, 6.07) is 5.10. The third kappa shape index (κ3) is 1.81. The highest BCUT2D eigenvalue weighted by molar-refractivity contribution is 6.16. The maximum Gasteiger partial charge on any atom is 0.151 e. The predicted molar refractivity (Wildman–Crippen MR) is 71.2 cm³/mol. The minimum Gasteiger partial charge on any atom is -0.326 e. The molecule has 3 rings (SSSR count). The largest absolute Gasteiger partial charge is 0.326 e. The third-order valence-corrected chi connectivity index (χ3v) is 4.27. The highest BCUT2D eigenvalue weighted by Gasteiger charge is 2.33. The number of hydrogen-bond acceptors (Lipinski definition) is 1. The number of hydrogen-bond donors (Lipinski definition) is 0. The monoisotopic (exact) mass is 266 g/mol. The molecule has 4 heteroatoms. The fourth-order valence-electron chi connectivity index (χ4n) is 2.76. The molecule has 1 fully saturated rings. The summed E-state index contributed by atoms with van der Waals surface area (Å²) in [7, 11) is 0. The average Bonchev–Trinajstić information content (AvgIpc) is 2.67. The zero-order valence-electron chi connectivity index (χ0n) is 10.4. The van der Waals surface area contributed by atoms with Gasteiger partial charge in [-0.3, -0.25) is 0 Å². The third-order valence-electron chi connectivity index (χ3n) is 4.03. The van der Waals surface area contributed by atoms with Gasteiger partial charge in [-0.15, -0.1) is 11.6 Å². The Morgan fingerprint density at radius 1 is 1.44 bits per heavy atom. The van der Waals surface area contributed by atoms with Gasteiger partial charge < -0.3 is 4.57 Å². The van der Waals surface area contributed by atoms with Crippen LogP contribution >= 0.6 is 11.6 Å². The lowest BCUT2D eigenvalue weighted by molar-refractivity contribution is 0.133. The zero-order valence-corrected chi connectivity index (χ0v) is 11.2. The summed E-state index contributed by atoms with van der Waals surface area (Å²) in [6.07, 6.45) is 3.74. The molecule has 0 unspecified atom stereocenters. The Morgan fingerprint density at radius 3 is 2.83 bits per heavy atom. The van der Waals surface area contributed by atoms with E-state index in [1.54, 1.807) is 6.07 Å². The van der Waals surface area contributed by atoms with Gasteiger partial charge in [0.05, 0.1) is 11.4 Å². The van der Waals surface area contributed by atoms with Crippen LogP contribution in [0.3, 0.4) is 0 Å². The number of nitrogens with zero attached hydrogens (tertiary/aromatic N) is 2. The van der Waals surface area contributed by atoms with Gasteiger partial charge >= 0.3 is 0 Å². The fraction of sp³-hybridized carbons (Fsp3) is 0.500. The molecule has 2 aromatic rings. The van der Waals surface area contributed by atoms with Crippen molar-refractivity contribution >= 4 is 22.6 Å². The Kier molecular flexibility index (Phi) is 2.81. The second kappa shape index (κ2) is 4.23. The molecule has 0 radical (unpaired) electrons. The van der Waals surface area contributed by atoms with Crippen LogP contribution < -0.4 is 0 Å². The number of halogens is 2. The molecule has 18 heavy (non-hydrogen) atoms. The zero-order chi connectivity index (χ0) is 12.8. The Hall–Kier alpha value is -1.09. The minimum atomic E-state index is -0.267. The van der Waals surface area contributed by atoms with E-state index < -0.39 is 0 Å². The molecule has 1 aromatic carbocycles. The summed E-state index contributed by atoms with van der Waals surface area (Å²) in [5.74, 6) is 0.825. The van der Waals surface area contributed by atoms with Crippen molar-refractivity contribution < 1.29 is 4.39 Å². The molecule has 0 saturated heterocycles. The maximum absolute atomic E-state index is 13.7. The molecule has 96 valence electrons. The lowest BCUT2D eigenvalue weighted by atomic mass is 9.70. The van der Waals surface area contributed by atoms with Crippen LogP contribution in [0.2, 0.25) is 0 Å². The van der Waals surface area contributed by atoms with Crippen molar-refractivity contribution in [1.82, 2.24) is 9.55 Å². The van der Waals surface area contributed by atoms with E-state index in [9.17, 15) is 4.39 Å². The molecule has 0 aliphatic heterocycles. The maximum atomic E-state index is 13.7. The highest BCUT2D eigenvalue weighted by atomic mass is 35.5. The molecule has 0 amide bonds. The molecule has 1 aliphatic carbocycles. The first-order valence-corrected chi connectivity index (χ1v) is 6.86. The number of aromatic nitrogens is 2. The molecule has 1 aliphatic rings. The van der Waals surface area contributed by atoms with E-state index in [0.717, 1.165) is 17.9 Å². The SMILES string of the molecule is CC1(Cn2c(CCl)nc3c(F)cccc32)CCC1. The highest BCUT2D eigenvalue weighted by Crippen LogP contribution is 2.42. The van der Waals surface area contributed by atoms with E-state index in [2.05, 4.69) is 16.5 Å². The van der Waals surface area contributed by atoms with Gasteiger partial charge in [0.15, 0.2) is 5.82 Å². The summed E-state index contributed by atoms with van der Waals surface area (Å²) in [5, 5.41) is 0. The van der Waals surface area contributed by atoms with Gasteiger partial charge in [-0.1, -0.05) is 19.4 Å². The normalized spacial score (nSPS) is 17.9. The van der Waals surface area contributed by atoms with Crippen molar-refractivity contribution in [3.8, 4) is 0 Å². The molecule has 1 saturated carbocycles. The first-order chi connectivity index (χ1) is 8.63. The van der Waals surface area contributed by atoms with Gasteiger partial charge in [0.25, 0.3) is 0 Å². The standard InChI is InChI=1S/C14H16ClFN2/c1-14(6-3-7-14)9-18-11-5-2-4-10(16)13(11)17-12(18)8-15/h2,4-5H,3,6-9H2,1H3. The Morgan fingerprint density at radius 2 is 2.22 bits per heavy atom. The van der Waals surface area contributed by atoms with E-state index in [1.165, 1.54) is 25.3 Å². The van der Waals surface area contributed by atoms with Crippen LogP contribution in [0.4, 0.5) is 4.39 Å². The van der Waals surface area contributed by atoms with Crippen LogP contribution in [-0.4, -0.2) is 9.55 Å². The van der Waals surface area contributed by atoms with Crippen molar-refractivity contribution in [3.63, 3.8) is 0 Å². The Labute approximate surface area is 111 Å². The second-order valence-electron chi connectivity index (χ2n) is 5.52. The molecule has 2 nitrogen and oxygen atoms in total. The number of para-hydroxylation sites is 1. The first-order valence-electron chi connectivity index (χ1n) is 6.33. The average molecular weight is 267 g/mol. The van der Waals surface area contributed by atoms with Crippen LogP contribution in [0.25, 0.3) is 11.0 Å². The molecular formula is C14H16ClFN2. The topological polar surface area (TPSA) is 17.8 Å². The van der Waals surface area contributed by atoms with Gasteiger partial charge in [-0.25, -0.2) is 9.37 Å². The van der Waals surface area contributed by atoms with Crippen molar-refractivity contribution in [1.29, 1.82) is 0 Å². The van der Waals surface area contributed by atoms with Crippen LogP contribution in [0.15, 0.2) is 18.2 Å². The van der Waals surface area contributed by atoms with Crippen LogP contribution in [-0.2, 0) is 12.4 Å². The van der Waals surface area contributed by atoms with Crippen LogP contribution in [0, 0.1) is 11.2 Å². The Bertz CT molecular complexity index is 587. The van der Waals surface area contributed by atoms with Gasteiger partial charge in [0.1, 0.15) is 11.3 Å². The summed E-state index contributed by atoms with van der Waals surface area (Å²) >= 11 is 5.94. The fourth-order valence-corrected chi connectivity index (χ4v) is 2.96. The van der Waals surface area contributed by atoms with Crippen LogP contribution in [0.5, 0.6) is 0 Å². The van der Waals surface area contributed by atoms with E-state index in [0.29, 0.717) is 16.8 Å².